The van der Waals surface area contributed by atoms with Crippen LogP contribution >= 0.6 is 0 Å². The first-order valence-corrected chi connectivity index (χ1v) is 7.83. The zero-order valence-corrected chi connectivity index (χ0v) is 14.1. The SMILES string of the molecule is COc1cccc(-n2c(N)cc(=O)n(Cc3ccccc3)c2=O)c1C. The van der Waals surface area contributed by atoms with Crippen molar-refractivity contribution >= 4 is 5.82 Å². The van der Waals surface area contributed by atoms with E-state index in [1.54, 1.807) is 25.3 Å². The Hall–Kier alpha value is -3.28. The third-order valence-corrected chi connectivity index (χ3v) is 4.12. The van der Waals surface area contributed by atoms with Gasteiger partial charge in [0.05, 0.1) is 19.3 Å². The van der Waals surface area contributed by atoms with Crippen molar-refractivity contribution in [1.82, 2.24) is 9.13 Å². The first-order valence-electron chi connectivity index (χ1n) is 7.83. The monoisotopic (exact) mass is 337 g/mol. The second-order valence-electron chi connectivity index (χ2n) is 5.70. The van der Waals surface area contributed by atoms with Crippen LogP contribution in [0.1, 0.15) is 11.1 Å². The van der Waals surface area contributed by atoms with E-state index in [-0.39, 0.29) is 12.4 Å². The zero-order chi connectivity index (χ0) is 18.0. The minimum absolute atomic E-state index is 0.0932. The molecule has 0 bridgehead atoms. The molecule has 2 aromatic carbocycles. The Kier molecular flexibility index (Phi) is 4.43. The molecule has 0 aliphatic rings. The quantitative estimate of drug-likeness (QED) is 0.789. The van der Waals surface area contributed by atoms with E-state index in [0.29, 0.717) is 11.4 Å². The van der Waals surface area contributed by atoms with Gasteiger partial charge in [-0.2, -0.15) is 0 Å². The van der Waals surface area contributed by atoms with E-state index in [1.165, 1.54) is 15.2 Å². The molecule has 0 spiro atoms. The molecule has 0 radical (unpaired) electrons. The van der Waals surface area contributed by atoms with Crippen LogP contribution < -0.4 is 21.7 Å². The van der Waals surface area contributed by atoms with E-state index in [9.17, 15) is 9.59 Å². The zero-order valence-electron chi connectivity index (χ0n) is 14.1. The summed E-state index contributed by atoms with van der Waals surface area (Å²) in [4.78, 5) is 25.3. The van der Waals surface area contributed by atoms with E-state index >= 15 is 0 Å². The summed E-state index contributed by atoms with van der Waals surface area (Å²) >= 11 is 0. The molecule has 0 saturated carbocycles. The summed E-state index contributed by atoms with van der Waals surface area (Å²) in [5, 5.41) is 0. The number of ether oxygens (including phenoxy) is 1. The highest BCUT2D eigenvalue weighted by Gasteiger charge is 2.15. The number of aromatic nitrogens is 2. The largest absolute Gasteiger partial charge is 0.496 e. The maximum Gasteiger partial charge on any atom is 0.337 e. The molecule has 2 N–H and O–H groups in total. The average Bonchev–Trinajstić information content (AvgIpc) is 2.61. The van der Waals surface area contributed by atoms with Crippen molar-refractivity contribution in [2.24, 2.45) is 0 Å². The van der Waals surface area contributed by atoms with Crippen LogP contribution in [0.4, 0.5) is 5.82 Å². The molecule has 6 heteroatoms. The molecule has 25 heavy (non-hydrogen) atoms. The number of benzene rings is 2. The number of methoxy groups -OCH3 is 1. The van der Waals surface area contributed by atoms with Crippen LogP contribution in [0.5, 0.6) is 5.75 Å². The highest BCUT2D eigenvalue weighted by Crippen LogP contribution is 2.24. The molecule has 0 saturated heterocycles. The van der Waals surface area contributed by atoms with E-state index in [1.807, 2.05) is 37.3 Å². The predicted octanol–water partition coefficient (Wildman–Crippen LogP) is 1.95. The van der Waals surface area contributed by atoms with Gasteiger partial charge in [-0.15, -0.1) is 0 Å². The number of nitrogen functional groups attached to an aromatic ring is 1. The van der Waals surface area contributed by atoms with Crippen LogP contribution in [-0.4, -0.2) is 16.2 Å². The van der Waals surface area contributed by atoms with Crippen LogP contribution in [0.2, 0.25) is 0 Å². The van der Waals surface area contributed by atoms with Gasteiger partial charge >= 0.3 is 5.69 Å². The fourth-order valence-corrected chi connectivity index (χ4v) is 2.81. The smallest absolute Gasteiger partial charge is 0.337 e. The summed E-state index contributed by atoms with van der Waals surface area (Å²) in [6, 6.07) is 16.0. The maximum absolute atomic E-state index is 13.0. The summed E-state index contributed by atoms with van der Waals surface area (Å²) in [6.07, 6.45) is 0. The van der Waals surface area contributed by atoms with Gasteiger partial charge in [-0.1, -0.05) is 36.4 Å². The summed E-state index contributed by atoms with van der Waals surface area (Å²) in [5.41, 5.74) is 7.29. The summed E-state index contributed by atoms with van der Waals surface area (Å²) < 4.78 is 7.82. The summed E-state index contributed by atoms with van der Waals surface area (Å²) in [7, 11) is 1.56. The number of anilines is 1. The summed E-state index contributed by atoms with van der Waals surface area (Å²) in [6.45, 7) is 2.02. The Morgan fingerprint density at radius 2 is 1.76 bits per heavy atom. The number of rotatable bonds is 4. The Morgan fingerprint density at radius 3 is 2.44 bits per heavy atom. The first-order chi connectivity index (χ1) is 12.0. The minimum Gasteiger partial charge on any atom is -0.496 e. The lowest BCUT2D eigenvalue weighted by atomic mass is 10.1. The van der Waals surface area contributed by atoms with Crippen molar-refractivity contribution in [3.8, 4) is 11.4 Å². The molecule has 0 fully saturated rings. The minimum atomic E-state index is -0.481. The number of nitrogens with two attached hydrogens (primary N) is 1. The van der Waals surface area contributed by atoms with Crippen molar-refractivity contribution in [3.05, 3.63) is 86.6 Å². The highest BCUT2D eigenvalue weighted by molar-refractivity contribution is 5.52. The summed E-state index contributed by atoms with van der Waals surface area (Å²) in [5.74, 6) is 0.736. The molecular formula is C19H19N3O3. The molecule has 0 unspecified atom stereocenters. The molecule has 3 aromatic rings. The molecule has 6 nitrogen and oxygen atoms in total. The Labute approximate surface area is 144 Å². The lowest BCUT2D eigenvalue weighted by molar-refractivity contribution is 0.411. The maximum atomic E-state index is 13.0. The number of hydrogen-bond acceptors (Lipinski definition) is 4. The van der Waals surface area contributed by atoms with Gasteiger partial charge in [0.15, 0.2) is 0 Å². The lowest BCUT2D eigenvalue weighted by Gasteiger charge is -2.16. The van der Waals surface area contributed by atoms with E-state index in [4.69, 9.17) is 10.5 Å². The molecule has 0 atom stereocenters. The molecule has 128 valence electrons. The Morgan fingerprint density at radius 1 is 1.04 bits per heavy atom. The fourth-order valence-electron chi connectivity index (χ4n) is 2.81. The van der Waals surface area contributed by atoms with Gasteiger partial charge < -0.3 is 10.5 Å². The van der Waals surface area contributed by atoms with E-state index < -0.39 is 11.2 Å². The van der Waals surface area contributed by atoms with Gasteiger partial charge in [0.25, 0.3) is 5.56 Å². The second kappa shape index (κ2) is 6.68. The van der Waals surface area contributed by atoms with Crippen LogP contribution in [0, 0.1) is 6.92 Å². The van der Waals surface area contributed by atoms with Gasteiger partial charge in [-0.05, 0) is 24.6 Å². The standard InChI is InChI=1S/C19H19N3O3/c1-13-15(9-6-10-16(13)25-2)22-17(20)11-18(23)21(19(22)24)12-14-7-4-3-5-8-14/h3-11H,12,20H2,1-2H3. The van der Waals surface area contributed by atoms with Gasteiger partial charge in [0.2, 0.25) is 0 Å². The lowest BCUT2D eigenvalue weighted by Crippen LogP contribution is -2.40. The van der Waals surface area contributed by atoms with Gasteiger partial charge in [-0.3, -0.25) is 9.36 Å². The third kappa shape index (κ3) is 3.06. The van der Waals surface area contributed by atoms with Crippen LogP contribution in [0.3, 0.4) is 0 Å². The van der Waals surface area contributed by atoms with Crippen molar-refractivity contribution in [1.29, 1.82) is 0 Å². The van der Waals surface area contributed by atoms with Crippen LogP contribution in [-0.2, 0) is 6.54 Å². The molecule has 3 rings (SSSR count). The Balaban J connectivity index is 2.21. The van der Waals surface area contributed by atoms with Crippen molar-refractivity contribution in [2.45, 2.75) is 13.5 Å². The molecule has 0 aliphatic heterocycles. The number of nitrogens with zero attached hydrogens (tertiary/aromatic N) is 2. The van der Waals surface area contributed by atoms with Crippen LogP contribution in [0.15, 0.2) is 64.2 Å². The van der Waals surface area contributed by atoms with Gasteiger partial charge in [0, 0.05) is 11.6 Å². The van der Waals surface area contributed by atoms with Crippen molar-refractivity contribution in [2.75, 3.05) is 12.8 Å². The van der Waals surface area contributed by atoms with Crippen molar-refractivity contribution in [3.63, 3.8) is 0 Å². The molecule has 0 amide bonds. The first kappa shape index (κ1) is 16.6. The molecule has 1 heterocycles. The average molecular weight is 337 g/mol. The van der Waals surface area contributed by atoms with E-state index in [2.05, 4.69) is 0 Å². The highest BCUT2D eigenvalue weighted by atomic mass is 16.5. The number of hydrogen-bond donors (Lipinski definition) is 1. The van der Waals surface area contributed by atoms with E-state index in [0.717, 1.165) is 11.1 Å². The second-order valence-corrected chi connectivity index (χ2v) is 5.70. The Bertz CT molecular complexity index is 1020. The van der Waals surface area contributed by atoms with Crippen molar-refractivity contribution < 1.29 is 4.74 Å². The molecule has 0 aliphatic carbocycles. The molecule has 1 aromatic heterocycles. The van der Waals surface area contributed by atoms with Crippen LogP contribution in [0.25, 0.3) is 5.69 Å². The third-order valence-electron chi connectivity index (χ3n) is 4.12. The predicted molar refractivity (Wildman–Crippen MR) is 97.5 cm³/mol. The fraction of sp³-hybridized carbons (Fsp3) is 0.158. The molecular weight excluding hydrogens is 318 g/mol. The normalized spacial score (nSPS) is 10.6. The van der Waals surface area contributed by atoms with Gasteiger partial charge in [-0.25, -0.2) is 9.36 Å². The topological polar surface area (TPSA) is 79.2 Å². The van der Waals surface area contributed by atoms with Gasteiger partial charge in [0.1, 0.15) is 11.6 Å².